The van der Waals surface area contributed by atoms with Crippen molar-refractivity contribution in [1.82, 2.24) is 9.61 Å². The first-order valence-corrected chi connectivity index (χ1v) is 4.36. The summed E-state index contributed by atoms with van der Waals surface area (Å²) in [5.74, 6) is 0. The van der Waals surface area contributed by atoms with E-state index in [0.29, 0.717) is 6.42 Å². The molecular weight excluding hydrogens is 164 g/mol. The second-order valence-corrected chi connectivity index (χ2v) is 3.25. The first-order valence-electron chi connectivity index (χ1n) is 4.36. The molecule has 0 bridgehead atoms. The molecule has 0 aliphatic carbocycles. The largest absolute Gasteiger partial charge is 0.393 e. The molecule has 0 aliphatic rings. The zero-order valence-corrected chi connectivity index (χ0v) is 7.51. The van der Waals surface area contributed by atoms with E-state index < -0.39 is 0 Å². The first-order chi connectivity index (χ1) is 6.27. The lowest BCUT2D eigenvalue weighted by atomic mass is 10.1. The van der Waals surface area contributed by atoms with Crippen molar-refractivity contribution in [2.75, 3.05) is 0 Å². The molecule has 3 heteroatoms. The maximum Gasteiger partial charge on any atom is 0.0694 e. The van der Waals surface area contributed by atoms with Gasteiger partial charge in [-0.1, -0.05) is 6.07 Å². The summed E-state index contributed by atoms with van der Waals surface area (Å²) in [4.78, 5) is 0. The Balaban J connectivity index is 2.46. The van der Waals surface area contributed by atoms with Crippen LogP contribution in [0, 0.1) is 0 Å². The van der Waals surface area contributed by atoms with Gasteiger partial charge in [0.05, 0.1) is 17.8 Å². The van der Waals surface area contributed by atoms with Gasteiger partial charge in [-0.15, -0.1) is 0 Å². The molecule has 0 amide bonds. The molecule has 68 valence electrons. The van der Waals surface area contributed by atoms with Gasteiger partial charge in [-0.05, 0) is 19.1 Å². The Kier molecular flexibility index (Phi) is 2.02. The Morgan fingerprint density at radius 2 is 2.38 bits per heavy atom. The highest BCUT2D eigenvalue weighted by Crippen LogP contribution is 2.11. The number of fused-ring (bicyclic) bond motifs is 1. The van der Waals surface area contributed by atoms with Crippen LogP contribution >= 0.6 is 0 Å². The molecule has 2 rings (SSSR count). The van der Waals surface area contributed by atoms with E-state index in [0.717, 1.165) is 11.1 Å². The number of hydrogen-bond acceptors (Lipinski definition) is 2. The van der Waals surface area contributed by atoms with Crippen LogP contribution in [-0.2, 0) is 6.42 Å². The molecule has 0 fully saturated rings. The van der Waals surface area contributed by atoms with Gasteiger partial charge in [0.1, 0.15) is 0 Å². The van der Waals surface area contributed by atoms with E-state index in [1.54, 1.807) is 6.92 Å². The van der Waals surface area contributed by atoms with Gasteiger partial charge in [-0.2, -0.15) is 5.10 Å². The number of nitrogens with zero attached hydrogens (tertiary/aromatic N) is 2. The summed E-state index contributed by atoms with van der Waals surface area (Å²) in [6, 6.07) is 5.92. The molecule has 13 heavy (non-hydrogen) atoms. The van der Waals surface area contributed by atoms with E-state index >= 15 is 0 Å². The second-order valence-electron chi connectivity index (χ2n) is 3.25. The fourth-order valence-corrected chi connectivity index (χ4v) is 1.46. The van der Waals surface area contributed by atoms with Crippen molar-refractivity contribution in [3.8, 4) is 0 Å². The van der Waals surface area contributed by atoms with Gasteiger partial charge in [0.2, 0.25) is 0 Å². The summed E-state index contributed by atoms with van der Waals surface area (Å²) in [6.07, 6.45) is 4.06. The van der Waals surface area contributed by atoms with Crippen molar-refractivity contribution < 1.29 is 5.11 Å². The zero-order chi connectivity index (χ0) is 9.26. The standard InChI is InChI=1S/C10H12N2O/c1-8(13)6-9-7-11-12-5-3-2-4-10(9)12/h2-5,7-8,13H,6H2,1H3. The monoisotopic (exact) mass is 176 g/mol. The van der Waals surface area contributed by atoms with Gasteiger partial charge < -0.3 is 5.11 Å². The summed E-state index contributed by atoms with van der Waals surface area (Å²) in [5, 5.41) is 13.4. The smallest absolute Gasteiger partial charge is 0.0694 e. The third-order valence-corrected chi connectivity index (χ3v) is 2.02. The van der Waals surface area contributed by atoms with Gasteiger partial charge in [0, 0.05) is 18.2 Å². The molecule has 1 unspecified atom stereocenters. The van der Waals surface area contributed by atoms with Crippen molar-refractivity contribution in [2.24, 2.45) is 0 Å². The van der Waals surface area contributed by atoms with Crippen LogP contribution < -0.4 is 0 Å². The summed E-state index contributed by atoms with van der Waals surface area (Å²) < 4.78 is 1.82. The van der Waals surface area contributed by atoms with Gasteiger partial charge in [0.25, 0.3) is 0 Å². The molecule has 0 aromatic carbocycles. The molecule has 1 atom stereocenters. The quantitative estimate of drug-likeness (QED) is 0.748. The highest BCUT2D eigenvalue weighted by Gasteiger charge is 2.05. The average molecular weight is 176 g/mol. The van der Waals surface area contributed by atoms with Crippen LogP contribution in [0.4, 0.5) is 0 Å². The third kappa shape index (κ3) is 1.55. The number of rotatable bonds is 2. The molecule has 0 saturated carbocycles. The van der Waals surface area contributed by atoms with E-state index in [1.807, 2.05) is 35.1 Å². The molecule has 1 N–H and O–H groups in total. The lowest BCUT2D eigenvalue weighted by Crippen LogP contribution is -2.03. The Morgan fingerprint density at radius 1 is 1.54 bits per heavy atom. The number of aliphatic hydroxyl groups is 1. The summed E-state index contributed by atoms with van der Waals surface area (Å²) >= 11 is 0. The van der Waals surface area contributed by atoms with Crippen molar-refractivity contribution in [3.05, 3.63) is 36.2 Å². The maximum absolute atomic E-state index is 9.25. The van der Waals surface area contributed by atoms with Crippen molar-refractivity contribution >= 4 is 5.52 Å². The second kappa shape index (κ2) is 3.18. The molecule has 0 radical (unpaired) electrons. The minimum Gasteiger partial charge on any atom is -0.393 e. The number of hydrogen-bond donors (Lipinski definition) is 1. The molecule has 2 aromatic rings. The molecule has 0 saturated heterocycles. The van der Waals surface area contributed by atoms with E-state index in [4.69, 9.17) is 0 Å². The summed E-state index contributed by atoms with van der Waals surface area (Å²) in [5.41, 5.74) is 2.17. The van der Waals surface area contributed by atoms with Crippen LogP contribution in [0.3, 0.4) is 0 Å². The van der Waals surface area contributed by atoms with E-state index in [1.165, 1.54) is 0 Å². The fourth-order valence-electron chi connectivity index (χ4n) is 1.46. The fraction of sp³-hybridized carbons (Fsp3) is 0.300. The van der Waals surface area contributed by atoms with Crippen molar-refractivity contribution in [3.63, 3.8) is 0 Å². The zero-order valence-electron chi connectivity index (χ0n) is 7.51. The molecule has 3 nitrogen and oxygen atoms in total. The Labute approximate surface area is 76.6 Å². The van der Waals surface area contributed by atoms with E-state index in [-0.39, 0.29) is 6.10 Å². The van der Waals surface area contributed by atoms with Crippen LogP contribution in [0.5, 0.6) is 0 Å². The van der Waals surface area contributed by atoms with E-state index in [2.05, 4.69) is 5.10 Å². The Morgan fingerprint density at radius 3 is 3.15 bits per heavy atom. The minimum absolute atomic E-state index is 0.312. The Bertz CT molecular complexity index is 406. The molecule has 0 aliphatic heterocycles. The SMILES string of the molecule is CC(O)Cc1cnn2ccccc12. The highest BCUT2D eigenvalue weighted by molar-refractivity contribution is 5.53. The predicted molar refractivity (Wildman–Crippen MR) is 50.6 cm³/mol. The highest BCUT2D eigenvalue weighted by atomic mass is 16.3. The average Bonchev–Trinajstić information content (AvgIpc) is 2.48. The number of pyridine rings is 1. The Hall–Kier alpha value is -1.35. The van der Waals surface area contributed by atoms with Crippen molar-refractivity contribution in [2.45, 2.75) is 19.4 Å². The first kappa shape index (κ1) is 8.26. The molecule has 0 spiro atoms. The summed E-state index contributed by atoms with van der Waals surface area (Å²) in [6.45, 7) is 1.78. The lowest BCUT2D eigenvalue weighted by molar-refractivity contribution is 0.196. The van der Waals surface area contributed by atoms with Crippen LogP contribution in [0.1, 0.15) is 12.5 Å². The van der Waals surface area contributed by atoms with Crippen LogP contribution in [0.25, 0.3) is 5.52 Å². The molecule has 2 aromatic heterocycles. The molecular formula is C10H12N2O. The topological polar surface area (TPSA) is 37.5 Å². The number of aliphatic hydroxyl groups excluding tert-OH is 1. The van der Waals surface area contributed by atoms with Gasteiger partial charge in [-0.25, -0.2) is 4.52 Å². The van der Waals surface area contributed by atoms with Crippen LogP contribution in [-0.4, -0.2) is 20.8 Å². The predicted octanol–water partition coefficient (Wildman–Crippen LogP) is 1.26. The van der Waals surface area contributed by atoms with Crippen LogP contribution in [0.2, 0.25) is 0 Å². The van der Waals surface area contributed by atoms with Gasteiger partial charge in [-0.3, -0.25) is 0 Å². The maximum atomic E-state index is 9.25. The van der Waals surface area contributed by atoms with Crippen molar-refractivity contribution in [1.29, 1.82) is 0 Å². The summed E-state index contributed by atoms with van der Waals surface area (Å²) in [7, 11) is 0. The van der Waals surface area contributed by atoms with Gasteiger partial charge >= 0.3 is 0 Å². The van der Waals surface area contributed by atoms with Crippen LogP contribution in [0.15, 0.2) is 30.6 Å². The minimum atomic E-state index is -0.312. The molecule has 2 heterocycles. The normalized spacial score (nSPS) is 13.4. The van der Waals surface area contributed by atoms with E-state index in [9.17, 15) is 5.11 Å². The van der Waals surface area contributed by atoms with Gasteiger partial charge in [0.15, 0.2) is 0 Å². The lowest BCUT2D eigenvalue weighted by Gasteiger charge is -2.01. The number of aromatic nitrogens is 2. The third-order valence-electron chi connectivity index (χ3n) is 2.02.